The molecular formula is C20H26N2O3S. The quantitative estimate of drug-likeness (QED) is 0.706. The van der Waals surface area contributed by atoms with Crippen molar-refractivity contribution in [3.63, 3.8) is 0 Å². The Morgan fingerprint density at radius 1 is 1.15 bits per heavy atom. The van der Waals surface area contributed by atoms with Gasteiger partial charge in [0.2, 0.25) is 5.91 Å². The number of amides is 1. The number of nitrogens with one attached hydrogen (secondary N) is 1. The van der Waals surface area contributed by atoms with Crippen LogP contribution in [-0.4, -0.2) is 32.1 Å². The third kappa shape index (κ3) is 4.85. The van der Waals surface area contributed by atoms with Gasteiger partial charge in [0.05, 0.1) is 18.7 Å². The van der Waals surface area contributed by atoms with E-state index in [0.29, 0.717) is 17.2 Å². The van der Waals surface area contributed by atoms with Crippen molar-refractivity contribution in [3.05, 3.63) is 46.3 Å². The van der Waals surface area contributed by atoms with Crippen LogP contribution in [0.3, 0.4) is 0 Å². The Kier molecular flexibility index (Phi) is 7.21. The maximum absolute atomic E-state index is 12.5. The van der Waals surface area contributed by atoms with Gasteiger partial charge in [0.25, 0.3) is 0 Å². The van der Waals surface area contributed by atoms with Crippen molar-refractivity contribution < 1.29 is 14.3 Å². The molecule has 0 aliphatic carbocycles. The van der Waals surface area contributed by atoms with Crippen molar-refractivity contribution in [1.82, 2.24) is 0 Å². The molecule has 0 unspecified atom stereocenters. The molecule has 0 aliphatic rings. The highest BCUT2D eigenvalue weighted by Gasteiger charge is 2.19. The molecule has 2 rings (SSSR count). The number of likely N-dealkylation sites (N-methyl/N-ethyl adjacent to an activating group) is 1. The summed E-state index contributed by atoms with van der Waals surface area (Å²) in [6.45, 7) is 6.39. The van der Waals surface area contributed by atoms with E-state index in [1.165, 1.54) is 16.9 Å². The molecule has 5 nitrogen and oxygen atoms in total. The predicted octanol–water partition coefficient (Wildman–Crippen LogP) is 4.12. The number of esters is 1. The third-order valence-corrected chi connectivity index (χ3v) is 5.24. The molecule has 26 heavy (non-hydrogen) atoms. The lowest BCUT2D eigenvalue weighted by Crippen LogP contribution is -2.30. The van der Waals surface area contributed by atoms with Crippen LogP contribution in [-0.2, 0) is 22.4 Å². The van der Waals surface area contributed by atoms with Crippen LogP contribution >= 0.6 is 11.3 Å². The summed E-state index contributed by atoms with van der Waals surface area (Å²) in [7, 11) is 1.90. The lowest BCUT2D eigenvalue weighted by atomic mass is 10.1. The number of benzene rings is 1. The highest BCUT2D eigenvalue weighted by Crippen LogP contribution is 2.29. The summed E-state index contributed by atoms with van der Waals surface area (Å²) in [5.41, 5.74) is 2.66. The smallest absolute Gasteiger partial charge is 0.341 e. The first-order valence-electron chi connectivity index (χ1n) is 8.88. The van der Waals surface area contributed by atoms with E-state index in [2.05, 4.69) is 18.3 Å². The largest absolute Gasteiger partial charge is 0.462 e. The highest BCUT2D eigenvalue weighted by molar-refractivity contribution is 7.16. The number of hydrogen-bond acceptors (Lipinski definition) is 5. The van der Waals surface area contributed by atoms with Crippen LogP contribution < -0.4 is 10.2 Å². The number of anilines is 2. The number of para-hydroxylation sites is 1. The standard InChI is InChI=1S/C20H26N2O3S/c1-5-14-10-8-9-11-17(14)22(4)13-18(23)21-19-16(20(24)25-7-3)12-15(6-2)26-19/h8-12H,5-7,13H2,1-4H3,(H,21,23). The Hall–Kier alpha value is -2.34. The molecular weight excluding hydrogens is 348 g/mol. The summed E-state index contributed by atoms with van der Waals surface area (Å²) >= 11 is 1.42. The van der Waals surface area contributed by atoms with Gasteiger partial charge >= 0.3 is 5.97 Å². The lowest BCUT2D eigenvalue weighted by Gasteiger charge is -2.21. The van der Waals surface area contributed by atoms with Crippen molar-refractivity contribution in [3.8, 4) is 0 Å². The molecule has 140 valence electrons. The highest BCUT2D eigenvalue weighted by atomic mass is 32.1. The van der Waals surface area contributed by atoms with E-state index < -0.39 is 5.97 Å². The Balaban J connectivity index is 2.12. The van der Waals surface area contributed by atoms with Crippen molar-refractivity contribution >= 4 is 33.9 Å². The second-order valence-electron chi connectivity index (χ2n) is 5.92. The zero-order valence-electron chi connectivity index (χ0n) is 15.8. The second kappa shape index (κ2) is 9.38. The van der Waals surface area contributed by atoms with Crippen LogP contribution in [0.1, 0.15) is 41.6 Å². The molecule has 0 saturated carbocycles. The molecule has 0 spiro atoms. The van der Waals surface area contributed by atoms with Crippen molar-refractivity contribution in [1.29, 1.82) is 0 Å². The molecule has 0 saturated heterocycles. The van der Waals surface area contributed by atoms with Gasteiger partial charge in [0.15, 0.2) is 0 Å². The van der Waals surface area contributed by atoms with Crippen molar-refractivity contribution in [2.24, 2.45) is 0 Å². The zero-order chi connectivity index (χ0) is 19.1. The van der Waals surface area contributed by atoms with Gasteiger partial charge in [-0.3, -0.25) is 4.79 Å². The summed E-state index contributed by atoms with van der Waals surface area (Å²) in [4.78, 5) is 27.6. The van der Waals surface area contributed by atoms with Gasteiger partial charge in [0.1, 0.15) is 5.00 Å². The number of rotatable bonds is 8. The van der Waals surface area contributed by atoms with E-state index >= 15 is 0 Å². The number of nitrogens with zero attached hydrogens (tertiary/aromatic N) is 1. The summed E-state index contributed by atoms with van der Waals surface area (Å²) in [5.74, 6) is -0.558. The van der Waals surface area contributed by atoms with Gasteiger partial charge in [-0.25, -0.2) is 4.79 Å². The van der Waals surface area contributed by atoms with Gasteiger partial charge in [-0.1, -0.05) is 32.0 Å². The Bertz CT molecular complexity index is 770. The normalized spacial score (nSPS) is 10.5. The summed E-state index contributed by atoms with van der Waals surface area (Å²) < 4.78 is 5.09. The molecule has 1 N–H and O–H groups in total. The molecule has 1 aromatic carbocycles. The van der Waals surface area contributed by atoms with Crippen LogP contribution in [0.2, 0.25) is 0 Å². The first-order chi connectivity index (χ1) is 12.5. The SMILES string of the molecule is CCOC(=O)c1cc(CC)sc1NC(=O)CN(C)c1ccccc1CC. The van der Waals surface area contributed by atoms with E-state index in [1.54, 1.807) is 13.0 Å². The molecule has 0 radical (unpaired) electrons. The number of thiophene rings is 1. The van der Waals surface area contributed by atoms with Crippen LogP contribution in [0.15, 0.2) is 30.3 Å². The van der Waals surface area contributed by atoms with Gasteiger partial charge < -0.3 is 15.0 Å². The average Bonchev–Trinajstić information content (AvgIpc) is 3.04. The summed E-state index contributed by atoms with van der Waals surface area (Å²) in [5, 5.41) is 3.44. The lowest BCUT2D eigenvalue weighted by molar-refractivity contribution is -0.114. The molecule has 0 fully saturated rings. The van der Waals surface area contributed by atoms with Crippen molar-refractivity contribution in [2.75, 3.05) is 30.4 Å². The maximum Gasteiger partial charge on any atom is 0.341 e. The zero-order valence-corrected chi connectivity index (χ0v) is 16.6. The van der Waals surface area contributed by atoms with E-state index in [0.717, 1.165) is 23.4 Å². The molecule has 1 heterocycles. The second-order valence-corrected chi connectivity index (χ2v) is 7.05. The minimum atomic E-state index is -0.400. The minimum Gasteiger partial charge on any atom is -0.462 e. The molecule has 0 atom stereocenters. The van der Waals surface area contributed by atoms with Crippen LogP contribution in [0.5, 0.6) is 0 Å². The minimum absolute atomic E-state index is 0.159. The number of carbonyl (C=O) groups is 2. The molecule has 6 heteroatoms. The number of hydrogen-bond donors (Lipinski definition) is 1. The van der Waals surface area contributed by atoms with Gasteiger partial charge in [-0.05, 0) is 37.5 Å². The fraction of sp³-hybridized carbons (Fsp3) is 0.400. The first-order valence-corrected chi connectivity index (χ1v) is 9.70. The number of carbonyl (C=O) groups excluding carboxylic acids is 2. The van der Waals surface area contributed by atoms with Crippen LogP contribution in [0.4, 0.5) is 10.7 Å². The van der Waals surface area contributed by atoms with E-state index in [1.807, 2.05) is 37.1 Å². The monoisotopic (exact) mass is 374 g/mol. The van der Waals surface area contributed by atoms with E-state index in [9.17, 15) is 9.59 Å². The fourth-order valence-electron chi connectivity index (χ4n) is 2.72. The van der Waals surface area contributed by atoms with Gasteiger partial charge in [0, 0.05) is 17.6 Å². The third-order valence-electron chi connectivity index (χ3n) is 4.04. The number of ether oxygens (including phenoxy) is 1. The van der Waals surface area contributed by atoms with Crippen molar-refractivity contribution in [2.45, 2.75) is 33.6 Å². The molecule has 1 amide bonds. The Morgan fingerprint density at radius 2 is 1.88 bits per heavy atom. The number of aryl methyl sites for hydroxylation is 2. The maximum atomic E-state index is 12.5. The topological polar surface area (TPSA) is 58.6 Å². The molecule has 0 bridgehead atoms. The fourth-order valence-corrected chi connectivity index (χ4v) is 3.72. The van der Waals surface area contributed by atoms with Crippen LogP contribution in [0, 0.1) is 0 Å². The van der Waals surface area contributed by atoms with Gasteiger partial charge in [-0.2, -0.15) is 0 Å². The Morgan fingerprint density at radius 3 is 2.54 bits per heavy atom. The summed E-state index contributed by atoms with van der Waals surface area (Å²) in [6, 6.07) is 9.84. The molecule has 2 aromatic rings. The molecule has 0 aliphatic heterocycles. The Labute approximate surface area is 159 Å². The van der Waals surface area contributed by atoms with E-state index in [-0.39, 0.29) is 12.5 Å². The average molecular weight is 375 g/mol. The van der Waals surface area contributed by atoms with E-state index in [4.69, 9.17) is 4.74 Å². The predicted molar refractivity (Wildman–Crippen MR) is 107 cm³/mol. The van der Waals surface area contributed by atoms with Crippen LogP contribution in [0.25, 0.3) is 0 Å². The molecule has 1 aromatic heterocycles. The first kappa shape index (κ1) is 20.0. The van der Waals surface area contributed by atoms with Gasteiger partial charge in [-0.15, -0.1) is 11.3 Å². The summed E-state index contributed by atoms with van der Waals surface area (Å²) in [6.07, 6.45) is 1.71.